The fourth-order valence-corrected chi connectivity index (χ4v) is 6.65. The Morgan fingerprint density at radius 2 is 1.71 bits per heavy atom. The first-order valence-electron chi connectivity index (χ1n) is 15.7. The molecule has 4 aromatic rings. The summed E-state index contributed by atoms with van der Waals surface area (Å²) in [6, 6.07) is 21.4. The number of sulfonamides is 1. The molecular formula is C36H40N4O7S. The van der Waals surface area contributed by atoms with E-state index in [2.05, 4.69) is 28.5 Å². The van der Waals surface area contributed by atoms with Crippen molar-refractivity contribution in [2.24, 2.45) is 5.92 Å². The minimum absolute atomic E-state index is 0.0832. The molecule has 1 amide bonds. The van der Waals surface area contributed by atoms with Gasteiger partial charge < -0.3 is 14.6 Å². The maximum Gasteiger partial charge on any atom is 0.410 e. The number of aryl methyl sites for hydroxylation is 1. The molecule has 5 rings (SSSR count). The van der Waals surface area contributed by atoms with Gasteiger partial charge >= 0.3 is 12.1 Å². The van der Waals surface area contributed by atoms with Crippen LogP contribution in [-0.4, -0.2) is 52.1 Å². The van der Waals surface area contributed by atoms with E-state index >= 15 is 0 Å². The number of aromatic carboxylic acids is 1. The third-order valence-corrected chi connectivity index (χ3v) is 9.11. The number of nitrogens with zero attached hydrogens (tertiary/aromatic N) is 3. The number of rotatable bonds is 9. The molecule has 1 aliphatic rings. The number of carbonyl (C=O) groups excluding carboxylic acids is 1. The minimum Gasteiger partial charge on any atom is -0.478 e. The Labute approximate surface area is 281 Å². The highest BCUT2D eigenvalue weighted by Crippen LogP contribution is 2.39. The van der Waals surface area contributed by atoms with Crippen molar-refractivity contribution >= 4 is 28.0 Å². The maximum absolute atomic E-state index is 13.6. The van der Waals surface area contributed by atoms with Crippen LogP contribution in [-0.2, 0) is 21.3 Å². The van der Waals surface area contributed by atoms with E-state index in [-0.39, 0.29) is 28.2 Å². The molecule has 0 aliphatic carbocycles. The average Bonchev–Trinajstić information content (AvgIpc) is 3.01. The van der Waals surface area contributed by atoms with Crippen LogP contribution in [0.1, 0.15) is 74.2 Å². The number of carboxylic acids is 1. The van der Waals surface area contributed by atoms with Crippen molar-refractivity contribution in [3.63, 3.8) is 0 Å². The second kappa shape index (κ2) is 13.6. The lowest BCUT2D eigenvalue weighted by Crippen LogP contribution is -2.50. The van der Waals surface area contributed by atoms with Crippen molar-refractivity contribution in [1.82, 2.24) is 14.9 Å². The molecule has 1 aromatic heterocycles. The van der Waals surface area contributed by atoms with Crippen molar-refractivity contribution < 1.29 is 32.6 Å². The number of carboxylic acid groups (broad SMARTS) is 1. The molecule has 11 nitrogen and oxygen atoms in total. The molecule has 48 heavy (non-hydrogen) atoms. The fourth-order valence-electron chi connectivity index (χ4n) is 5.66. The minimum atomic E-state index is -4.30. The molecule has 0 saturated carbocycles. The first-order valence-corrected chi connectivity index (χ1v) is 17.1. The standard InChI is InChI=1S/C36H40N4O7S/c1-22(2)18-30-32(28-17-10-8-13-25(28)21-40(30)35(43)47-36(4,5)6)46-31-20-29(27-16-9-7-12-23(27)3)37-34(38-31)39-48(44,45)26-15-11-14-24(19-26)33(41)42/h7-17,19-20,22,30,32H,18,21H2,1-6H3,(H,41,42)(H,37,38,39)/t30-,32+/m1/s1. The van der Waals surface area contributed by atoms with Crippen molar-refractivity contribution in [1.29, 1.82) is 0 Å². The monoisotopic (exact) mass is 672 g/mol. The summed E-state index contributed by atoms with van der Waals surface area (Å²) >= 11 is 0. The number of anilines is 1. The van der Waals surface area contributed by atoms with Gasteiger partial charge in [-0.1, -0.05) is 68.4 Å². The number of amides is 1. The van der Waals surface area contributed by atoms with Gasteiger partial charge in [-0.15, -0.1) is 0 Å². The highest BCUT2D eigenvalue weighted by molar-refractivity contribution is 7.92. The molecule has 2 N–H and O–H groups in total. The molecule has 2 atom stereocenters. The first kappa shape index (κ1) is 34.4. The van der Waals surface area contributed by atoms with Gasteiger partial charge in [0.1, 0.15) is 11.7 Å². The van der Waals surface area contributed by atoms with E-state index in [0.29, 0.717) is 18.7 Å². The first-order chi connectivity index (χ1) is 22.6. The lowest BCUT2D eigenvalue weighted by molar-refractivity contribution is -0.0155. The quantitative estimate of drug-likeness (QED) is 0.188. The van der Waals surface area contributed by atoms with Crippen LogP contribution in [0.3, 0.4) is 0 Å². The van der Waals surface area contributed by atoms with Crippen LogP contribution >= 0.6 is 0 Å². The van der Waals surface area contributed by atoms with Crippen molar-refractivity contribution in [2.75, 3.05) is 4.72 Å². The lowest BCUT2D eigenvalue weighted by atomic mass is 9.87. The molecule has 0 unspecified atom stereocenters. The van der Waals surface area contributed by atoms with Gasteiger partial charge in [0.25, 0.3) is 10.0 Å². The van der Waals surface area contributed by atoms with E-state index in [1.54, 1.807) is 11.0 Å². The van der Waals surface area contributed by atoms with E-state index in [9.17, 15) is 23.1 Å². The summed E-state index contributed by atoms with van der Waals surface area (Å²) in [6.07, 6.45) is -0.550. The van der Waals surface area contributed by atoms with Gasteiger partial charge in [-0.2, -0.15) is 4.98 Å². The van der Waals surface area contributed by atoms with Gasteiger partial charge in [0, 0.05) is 18.2 Å². The molecule has 12 heteroatoms. The summed E-state index contributed by atoms with van der Waals surface area (Å²) < 4.78 is 41.9. The zero-order chi connectivity index (χ0) is 34.8. The molecule has 3 aromatic carbocycles. The summed E-state index contributed by atoms with van der Waals surface area (Å²) in [7, 11) is -4.30. The Hall–Kier alpha value is -4.97. The van der Waals surface area contributed by atoms with Crippen LogP contribution in [0.2, 0.25) is 0 Å². The van der Waals surface area contributed by atoms with Crippen molar-refractivity contribution in [3.8, 4) is 17.1 Å². The maximum atomic E-state index is 13.6. The third-order valence-electron chi connectivity index (χ3n) is 7.78. The van der Waals surface area contributed by atoms with Gasteiger partial charge in [-0.05, 0) is 74.9 Å². The van der Waals surface area contributed by atoms with Gasteiger partial charge in [-0.3, -0.25) is 4.90 Å². The lowest BCUT2D eigenvalue weighted by Gasteiger charge is -2.43. The topological polar surface area (TPSA) is 148 Å². The predicted octanol–water partition coefficient (Wildman–Crippen LogP) is 7.24. The molecule has 0 spiro atoms. The summed E-state index contributed by atoms with van der Waals surface area (Å²) in [5, 5.41) is 9.41. The number of fused-ring (bicyclic) bond motifs is 1. The molecule has 0 radical (unpaired) electrons. The molecule has 0 fully saturated rings. The molecule has 0 bridgehead atoms. The Morgan fingerprint density at radius 1 is 1.00 bits per heavy atom. The molecule has 2 heterocycles. The van der Waals surface area contributed by atoms with E-state index < -0.39 is 39.8 Å². The largest absolute Gasteiger partial charge is 0.478 e. The smallest absolute Gasteiger partial charge is 0.410 e. The van der Waals surface area contributed by atoms with Crippen LogP contribution in [0, 0.1) is 12.8 Å². The zero-order valence-corrected chi connectivity index (χ0v) is 28.6. The highest BCUT2D eigenvalue weighted by Gasteiger charge is 2.41. The number of ether oxygens (including phenoxy) is 2. The summed E-state index contributed by atoms with van der Waals surface area (Å²) in [6.45, 7) is 11.8. The van der Waals surface area contributed by atoms with Crippen molar-refractivity contribution in [3.05, 3.63) is 101 Å². The van der Waals surface area contributed by atoms with Crippen LogP contribution in [0.5, 0.6) is 5.88 Å². The summed E-state index contributed by atoms with van der Waals surface area (Å²) in [5.74, 6) is -1.25. The van der Waals surface area contributed by atoms with Crippen molar-refractivity contribution in [2.45, 2.75) is 77.2 Å². The number of aromatic nitrogens is 2. The molecular weight excluding hydrogens is 632 g/mol. The predicted molar refractivity (Wildman–Crippen MR) is 181 cm³/mol. The summed E-state index contributed by atoms with van der Waals surface area (Å²) in [5.41, 5.74) is 2.91. The number of hydrogen-bond donors (Lipinski definition) is 2. The fraction of sp³-hybridized carbons (Fsp3) is 0.333. The molecule has 252 valence electrons. The Balaban J connectivity index is 1.61. The van der Waals surface area contributed by atoms with Gasteiger partial charge in [0.2, 0.25) is 11.8 Å². The Kier molecular flexibility index (Phi) is 9.76. The van der Waals surface area contributed by atoms with E-state index in [4.69, 9.17) is 9.47 Å². The number of carbonyl (C=O) groups is 2. The van der Waals surface area contributed by atoms with E-state index in [1.165, 1.54) is 18.2 Å². The van der Waals surface area contributed by atoms with Crippen LogP contribution in [0.15, 0.2) is 83.8 Å². The second-order valence-electron chi connectivity index (χ2n) is 13.2. The Bertz CT molecular complexity index is 1940. The highest BCUT2D eigenvalue weighted by atomic mass is 32.2. The van der Waals surface area contributed by atoms with E-state index in [1.807, 2.05) is 76.2 Å². The van der Waals surface area contributed by atoms with Crippen LogP contribution in [0.4, 0.5) is 10.7 Å². The second-order valence-corrected chi connectivity index (χ2v) is 14.9. The number of benzene rings is 3. The van der Waals surface area contributed by atoms with Gasteiger partial charge in [-0.25, -0.2) is 27.7 Å². The average molecular weight is 673 g/mol. The normalized spacial score (nSPS) is 16.3. The van der Waals surface area contributed by atoms with E-state index in [0.717, 1.165) is 28.3 Å². The SMILES string of the molecule is Cc1ccccc1-c1cc(O[C@H]2c3ccccc3CN(C(=O)OC(C)(C)C)[C@@H]2CC(C)C)nc(NS(=O)(=O)c2cccc(C(=O)O)c2)n1. The third kappa shape index (κ3) is 7.93. The molecule has 0 saturated heterocycles. The Morgan fingerprint density at radius 3 is 2.40 bits per heavy atom. The zero-order valence-electron chi connectivity index (χ0n) is 27.8. The van der Waals surface area contributed by atoms with Gasteiger partial charge in [0.05, 0.1) is 22.2 Å². The number of hydrogen-bond acceptors (Lipinski definition) is 8. The molecule has 1 aliphatic heterocycles. The van der Waals surface area contributed by atoms with Crippen LogP contribution in [0.25, 0.3) is 11.3 Å². The number of nitrogens with one attached hydrogen (secondary N) is 1. The van der Waals surface area contributed by atoms with Gasteiger partial charge in [0.15, 0.2) is 0 Å². The van der Waals surface area contributed by atoms with Crippen LogP contribution < -0.4 is 9.46 Å². The summed E-state index contributed by atoms with van der Waals surface area (Å²) in [4.78, 5) is 35.6.